The van der Waals surface area contributed by atoms with Crippen LogP contribution in [-0.4, -0.2) is 0 Å². The van der Waals surface area contributed by atoms with Crippen molar-refractivity contribution in [1.29, 1.82) is 0 Å². The van der Waals surface area contributed by atoms with Crippen molar-refractivity contribution in [1.82, 2.24) is 0 Å². The highest BCUT2D eigenvalue weighted by Crippen LogP contribution is 2.26. The summed E-state index contributed by atoms with van der Waals surface area (Å²) in [5, 5.41) is 0. The summed E-state index contributed by atoms with van der Waals surface area (Å²) in [4.78, 5) is 0. The van der Waals surface area contributed by atoms with Gasteiger partial charge >= 0.3 is 0 Å². The third kappa shape index (κ3) is 25.8. The Balaban J connectivity index is 3.72. The molecular weight excluding hydrogens is 456 g/mol. The molecule has 0 nitrogen and oxygen atoms in total. The van der Waals surface area contributed by atoms with Crippen LogP contribution in [0.15, 0.2) is 0 Å². The van der Waals surface area contributed by atoms with Crippen LogP contribution in [0.3, 0.4) is 0 Å². The molecule has 0 aliphatic heterocycles. The summed E-state index contributed by atoms with van der Waals surface area (Å²) in [7, 11) is 0. The Labute approximate surface area is 243 Å². The molecule has 0 fully saturated rings. The molecule has 0 heteroatoms. The second-order valence-corrected chi connectivity index (χ2v) is 14.9. The average Bonchev–Trinajstić information content (AvgIpc) is 2.82. The van der Waals surface area contributed by atoms with Gasteiger partial charge in [-0.2, -0.15) is 0 Å². The Hall–Kier alpha value is -0.440. The lowest BCUT2D eigenvalue weighted by Gasteiger charge is -2.18. The van der Waals surface area contributed by atoms with Crippen LogP contribution in [-0.2, 0) is 0 Å². The minimum Gasteiger partial charge on any atom is -0.103 e. The van der Waals surface area contributed by atoms with Crippen LogP contribution in [0.1, 0.15) is 185 Å². The second-order valence-electron chi connectivity index (χ2n) is 14.9. The minimum atomic E-state index is 0.513. The summed E-state index contributed by atoms with van der Waals surface area (Å²) >= 11 is 0. The molecule has 0 heterocycles. The van der Waals surface area contributed by atoms with Gasteiger partial charge in [0.15, 0.2) is 0 Å². The van der Waals surface area contributed by atoms with Crippen LogP contribution >= 0.6 is 0 Å². The Kier molecular flexibility index (Phi) is 24.1. The highest BCUT2D eigenvalue weighted by Gasteiger charge is 2.11. The molecule has 38 heavy (non-hydrogen) atoms. The smallest absolute Gasteiger partial charge is 0.0146 e. The zero-order valence-electron chi connectivity index (χ0n) is 28.3. The molecule has 226 valence electrons. The molecule has 0 N–H and O–H groups in total. The zero-order valence-corrected chi connectivity index (χ0v) is 28.3. The Morgan fingerprint density at radius 1 is 0.342 bits per heavy atom. The maximum absolute atomic E-state index is 3.37. The van der Waals surface area contributed by atoms with Crippen LogP contribution in [0.2, 0.25) is 0 Å². The fraction of sp³-hybridized carbons (Fsp3) is 0.947. The zero-order chi connectivity index (χ0) is 28.8. The predicted octanol–water partition coefficient (Wildman–Crippen LogP) is 13.1. The Bertz CT molecular complexity index is 560. The SMILES string of the molecule is CC(C)C#CCC(C)CCCC(C)CCCC(C)CCC(C)CCCC(C)CCCC(C)CCCC(C)C. The third-order valence-corrected chi connectivity index (χ3v) is 9.05. The van der Waals surface area contributed by atoms with Gasteiger partial charge in [0.1, 0.15) is 0 Å². The van der Waals surface area contributed by atoms with Gasteiger partial charge in [0.05, 0.1) is 0 Å². The van der Waals surface area contributed by atoms with Gasteiger partial charge in [0, 0.05) is 12.3 Å². The van der Waals surface area contributed by atoms with E-state index in [0.29, 0.717) is 5.92 Å². The second kappa shape index (κ2) is 24.4. The van der Waals surface area contributed by atoms with Crippen molar-refractivity contribution in [2.75, 3.05) is 0 Å². The number of rotatable bonds is 24. The van der Waals surface area contributed by atoms with Crippen LogP contribution in [0, 0.1) is 59.2 Å². The van der Waals surface area contributed by atoms with Gasteiger partial charge in [-0.1, -0.05) is 172 Å². The molecule has 0 radical (unpaired) electrons. The molecule has 0 aliphatic rings. The van der Waals surface area contributed by atoms with Gasteiger partial charge in [0.25, 0.3) is 0 Å². The van der Waals surface area contributed by atoms with Crippen molar-refractivity contribution < 1.29 is 0 Å². The molecule has 0 spiro atoms. The Morgan fingerprint density at radius 2 is 0.632 bits per heavy atom. The molecular formula is C38H74. The monoisotopic (exact) mass is 531 g/mol. The van der Waals surface area contributed by atoms with Gasteiger partial charge in [-0.05, 0) is 47.8 Å². The van der Waals surface area contributed by atoms with E-state index in [4.69, 9.17) is 0 Å². The summed E-state index contributed by atoms with van der Waals surface area (Å²) in [6.45, 7) is 23.9. The van der Waals surface area contributed by atoms with Crippen molar-refractivity contribution in [3.05, 3.63) is 0 Å². The fourth-order valence-corrected chi connectivity index (χ4v) is 5.96. The predicted molar refractivity (Wildman–Crippen MR) is 176 cm³/mol. The number of hydrogen-bond donors (Lipinski definition) is 0. The van der Waals surface area contributed by atoms with E-state index in [0.717, 1.165) is 47.8 Å². The van der Waals surface area contributed by atoms with Gasteiger partial charge in [0.2, 0.25) is 0 Å². The lowest BCUT2D eigenvalue weighted by Crippen LogP contribution is -2.04. The highest BCUT2D eigenvalue weighted by molar-refractivity contribution is 5.01. The first-order valence-electron chi connectivity index (χ1n) is 17.5. The molecule has 0 saturated heterocycles. The maximum Gasteiger partial charge on any atom is 0.0146 e. The normalized spacial score (nSPS) is 16.6. The van der Waals surface area contributed by atoms with Crippen molar-refractivity contribution in [2.45, 2.75) is 185 Å². The van der Waals surface area contributed by atoms with Crippen LogP contribution < -0.4 is 0 Å². The van der Waals surface area contributed by atoms with Crippen LogP contribution in [0.4, 0.5) is 0 Å². The van der Waals surface area contributed by atoms with E-state index >= 15 is 0 Å². The van der Waals surface area contributed by atoms with Crippen LogP contribution in [0.5, 0.6) is 0 Å². The van der Waals surface area contributed by atoms with Crippen molar-refractivity contribution >= 4 is 0 Å². The lowest BCUT2D eigenvalue weighted by molar-refractivity contribution is 0.348. The van der Waals surface area contributed by atoms with Gasteiger partial charge in [-0.3, -0.25) is 0 Å². The molecule has 0 bridgehead atoms. The topological polar surface area (TPSA) is 0 Å². The minimum absolute atomic E-state index is 0.513. The van der Waals surface area contributed by atoms with E-state index in [2.05, 4.69) is 81.1 Å². The van der Waals surface area contributed by atoms with Gasteiger partial charge < -0.3 is 0 Å². The molecule has 0 aromatic carbocycles. The highest BCUT2D eigenvalue weighted by atomic mass is 14.2. The summed E-state index contributed by atoms with van der Waals surface area (Å²) in [6.07, 6.45) is 25.4. The maximum atomic E-state index is 3.37. The van der Waals surface area contributed by atoms with Crippen molar-refractivity contribution in [3.63, 3.8) is 0 Å². The summed E-state index contributed by atoms with van der Waals surface area (Å²) < 4.78 is 0. The average molecular weight is 531 g/mol. The molecule has 0 rings (SSSR count). The summed E-state index contributed by atoms with van der Waals surface area (Å²) in [6, 6.07) is 0. The summed E-state index contributed by atoms with van der Waals surface area (Å²) in [5.41, 5.74) is 0. The molecule has 0 saturated carbocycles. The Morgan fingerprint density at radius 3 is 0.947 bits per heavy atom. The summed E-state index contributed by atoms with van der Waals surface area (Å²) in [5.74, 6) is 13.4. The van der Waals surface area contributed by atoms with E-state index < -0.39 is 0 Å². The van der Waals surface area contributed by atoms with E-state index in [1.54, 1.807) is 0 Å². The molecule has 0 aliphatic carbocycles. The van der Waals surface area contributed by atoms with E-state index in [-0.39, 0.29) is 0 Å². The number of hydrogen-bond acceptors (Lipinski definition) is 0. The molecule has 0 aromatic heterocycles. The molecule has 6 unspecified atom stereocenters. The van der Waals surface area contributed by atoms with Crippen molar-refractivity contribution in [3.8, 4) is 11.8 Å². The quantitative estimate of drug-likeness (QED) is 0.109. The third-order valence-electron chi connectivity index (χ3n) is 9.05. The standard InChI is InChI=1S/C38H74/c1-31(2)17-11-19-33(5)21-13-23-35(7)25-15-27-37(9)29-30-38(10)28-16-26-36(8)24-14-22-34(6)20-12-18-32(3)4/h31-38H,11,13-17,19-30H2,1-10H3. The van der Waals surface area contributed by atoms with Gasteiger partial charge in [-0.15, -0.1) is 11.8 Å². The lowest BCUT2D eigenvalue weighted by atomic mass is 9.88. The molecule has 0 aromatic rings. The molecule has 6 atom stereocenters. The van der Waals surface area contributed by atoms with E-state index in [9.17, 15) is 0 Å². The first kappa shape index (κ1) is 37.6. The van der Waals surface area contributed by atoms with Crippen molar-refractivity contribution in [2.24, 2.45) is 47.3 Å². The van der Waals surface area contributed by atoms with Gasteiger partial charge in [-0.25, -0.2) is 0 Å². The first-order chi connectivity index (χ1) is 18.0. The largest absolute Gasteiger partial charge is 0.103 e. The van der Waals surface area contributed by atoms with Crippen LogP contribution in [0.25, 0.3) is 0 Å². The van der Waals surface area contributed by atoms with E-state index in [1.165, 1.54) is 109 Å². The fourth-order valence-electron chi connectivity index (χ4n) is 5.96. The van der Waals surface area contributed by atoms with E-state index in [1.807, 2.05) is 0 Å². The molecule has 0 amide bonds. The first-order valence-corrected chi connectivity index (χ1v) is 17.5.